The molecule has 11 nitrogen and oxygen atoms in total. The van der Waals surface area contributed by atoms with Crippen molar-refractivity contribution in [3.8, 4) is 0 Å². The van der Waals surface area contributed by atoms with E-state index in [1.807, 2.05) is 0 Å². The monoisotopic (exact) mass is 872 g/mol. The summed E-state index contributed by atoms with van der Waals surface area (Å²) in [5.41, 5.74) is 0. The van der Waals surface area contributed by atoms with Crippen molar-refractivity contribution in [2.45, 2.75) is 287 Å². The Hall–Kier alpha value is -1.15. The van der Waals surface area contributed by atoms with E-state index in [1.165, 1.54) is 148 Å². The zero-order valence-electron chi connectivity index (χ0n) is 39.2. The number of allylic oxidation sites excluding steroid dienone is 2. The average molecular weight is 872 g/mol. The molecule has 1 amide bonds. The van der Waals surface area contributed by atoms with Crippen LogP contribution >= 0.6 is 0 Å². The first-order valence-corrected chi connectivity index (χ1v) is 25.6. The van der Waals surface area contributed by atoms with Crippen LogP contribution in [-0.4, -0.2) is 110 Å². The largest absolute Gasteiger partial charge is 0.394 e. The molecule has 0 aromatic carbocycles. The molecule has 0 aliphatic carbocycles. The molecule has 61 heavy (non-hydrogen) atoms. The van der Waals surface area contributed by atoms with Crippen molar-refractivity contribution < 1.29 is 50.0 Å². The Morgan fingerprint density at radius 3 is 1.38 bits per heavy atom. The highest BCUT2D eigenvalue weighted by atomic mass is 16.7. The van der Waals surface area contributed by atoms with Crippen LogP contribution in [0.1, 0.15) is 232 Å². The molecule has 1 aliphatic rings. The molecule has 8 N–H and O–H groups in total. The fourth-order valence-corrected chi connectivity index (χ4v) is 8.32. The van der Waals surface area contributed by atoms with Gasteiger partial charge in [0.25, 0.3) is 0 Å². The first-order valence-electron chi connectivity index (χ1n) is 25.6. The lowest BCUT2D eigenvalue weighted by Gasteiger charge is -2.40. The van der Waals surface area contributed by atoms with Gasteiger partial charge in [0.1, 0.15) is 36.6 Å². The minimum atomic E-state index is -1.66. The first kappa shape index (κ1) is 57.9. The van der Waals surface area contributed by atoms with Gasteiger partial charge >= 0.3 is 0 Å². The second-order valence-corrected chi connectivity index (χ2v) is 18.2. The number of hydrogen-bond donors (Lipinski definition) is 8. The maximum atomic E-state index is 13.1. The van der Waals surface area contributed by atoms with E-state index in [0.717, 1.165) is 44.9 Å². The Morgan fingerprint density at radius 2 is 0.951 bits per heavy atom. The van der Waals surface area contributed by atoms with Crippen LogP contribution < -0.4 is 5.32 Å². The minimum Gasteiger partial charge on any atom is -0.394 e. The number of ether oxygens (including phenoxy) is 2. The molecule has 1 rings (SSSR count). The van der Waals surface area contributed by atoms with Crippen LogP contribution in [0.15, 0.2) is 12.2 Å². The van der Waals surface area contributed by atoms with Crippen molar-refractivity contribution in [2.24, 2.45) is 0 Å². The van der Waals surface area contributed by atoms with Crippen LogP contribution in [0.3, 0.4) is 0 Å². The van der Waals surface area contributed by atoms with E-state index in [1.54, 1.807) is 0 Å². The lowest BCUT2D eigenvalue weighted by atomic mass is 9.98. The van der Waals surface area contributed by atoms with Gasteiger partial charge in [-0.05, 0) is 38.5 Å². The van der Waals surface area contributed by atoms with Gasteiger partial charge in [0, 0.05) is 0 Å². The van der Waals surface area contributed by atoms with E-state index in [-0.39, 0.29) is 6.42 Å². The summed E-state index contributed by atoms with van der Waals surface area (Å²) in [4.78, 5) is 13.1. The molecule has 9 unspecified atom stereocenters. The quantitative estimate of drug-likeness (QED) is 0.0217. The molecule has 1 fully saturated rings. The third-order valence-corrected chi connectivity index (χ3v) is 12.6. The van der Waals surface area contributed by atoms with Crippen LogP contribution in [0.4, 0.5) is 0 Å². The standard InChI is InChI=1S/C50H97NO10/c1-3-5-7-9-11-13-15-16-17-18-19-20-21-22-23-24-25-26-28-30-32-34-36-38-43(54)49(59)51-41(40-60-50-48(58)47(57)46(56)44(39-52)61-50)45(55)42(53)37-35-33-31-29-27-14-12-10-8-6-4-2/h22-23,41-48,50,52-58H,3-21,24-40H2,1-2H3,(H,51,59)/b23-22-. The van der Waals surface area contributed by atoms with Gasteiger partial charge in [-0.1, -0.05) is 206 Å². The summed E-state index contributed by atoms with van der Waals surface area (Å²) >= 11 is 0. The number of unbranched alkanes of at least 4 members (excludes halogenated alkanes) is 29. The number of carbonyl (C=O) groups excluding carboxylic acids is 1. The van der Waals surface area contributed by atoms with Crippen molar-refractivity contribution in [1.82, 2.24) is 5.32 Å². The van der Waals surface area contributed by atoms with Crippen LogP contribution in [-0.2, 0) is 14.3 Å². The molecule has 11 heteroatoms. The normalized spacial score (nSPS) is 21.5. The molecule has 0 bridgehead atoms. The summed E-state index contributed by atoms with van der Waals surface area (Å²) in [6.45, 7) is 3.44. The molecule has 0 radical (unpaired) electrons. The van der Waals surface area contributed by atoms with Gasteiger partial charge in [-0.25, -0.2) is 0 Å². The average Bonchev–Trinajstić information content (AvgIpc) is 3.26. The van der Waals surface area contributed by atoms with Gasteiger partial charge in [-0.3, -0.25) is 4.79 Å². The number of nitrogens with one attached hydrogen (secondary N) is 1. The Bertz CT molecular complexity index is 1000. The number of rotatable bonds is 43. The van der Waals surface area contributed by atoms with Crippen LogP contribution in [0.25, 0.3) is 0 Å². The zero-order chi connectivity index (χ0) is 44.8. The zero-order valence-corrected chi connectivity index (χ0v) is 39.2. The van der Waals surface area contributed by atoms with Gasteiger partial charge in [-0.2, -0.15) is 0 Å². The Morgan fingerprint density at radius 1 is 0.557 bits per heavy atom. The fourth-order valence-electron chi connectivity index (χ4n) is 8.32. The van der Waals surface area contributed by atoms with Crippen molar-refractivity contribution in [3.63, 3.8) is 0 Å². The highest BCUT2D eigenvalue weighted by Gasteiger charge is 2.44. The lowest BCUT2D eigenvalue weighted by Crippen LogP contribution is -2.60. The van der Waals surface area contributed by atoms with Crippen molar-refractivity contribution >= 4 is 5.91 Å². The van der Waals surface area contributed by atoms with E-state index in [4.69, 9.17) is 9.47 Å². The van der Waals surface area contributed by atoms with Crippen molar-refractivity contribution in [1.29, 1.82) is 0 Å². The second kappa shape index (κ2) is 40.4. The molecule has 1 aliphatic heterocycles. The fraction of sp³-hybridized carbons (Fsp3) is 0.940. The maximum Gasteiger partial charge on any atom is 0.249 e. The van der Waals surface area contributed by atoms with Crippen molar-refractivity contribution in [2.75, 3.05) is 13.2 Å². The Kier molecular flexibility index (Phi) is 38.3. The molecule has 0 aromatic rings. The summed E-state index contributed by atoms with van der Waals surface area (Å²) in [5, 5.41) is 75.7. The van der Waals surface area contributed by atoms with Crippen LogP contribution in [0, 0.1) is 0 Å². The van der Waals surface area contributed by atoms with Gasteiger partial charge < -0.3 is 50.5 Å². The van der Waals surface area contributed by atoms with E-state index in [2.05, 4.69) is 31.3 Å². The topological polar surface area (TPSA) is 189 Å². The summed E-state index contributed by atoms with van der Waals surface area (Å²) < 4.78 is 11.1. The highest BCUT2D eigenvalue weighted by Crippen LogP contribution is 2.23. The summed E-state index contributed by atoms with van der Waals surface area (Å²) in [5.74, 6) is -0.699. The molecular formula is C50H97NO10. The third-order valence-electron chi connectivity index (χ3n) is 12.6. The number of amides is 1. The van der Waals surface area contributed by atoms with E-state index in [9.17, 15) is 40.5 Å². The first-order chi connectivity index (χ1) is 29.7. The second-order valence-electron chi connectivity index (χ2n) is 18.2. The number of aliphatic hydroxyl groups is 7. The van der Waals surface area contributed by atoms with Crippen LogP contribution in [0.2, 0.25) is 0 Å². The molecular weight excluding hydrogens is 775 g/mol. The molecule has 362 valence electrons. The summed E-state index contributed by atoms with van der Waals surface area (Å²) in [6, 6.07) is -1.17. The molecule has 0 saturated carbocycles. The minimum absolute atomic E-state index is 0.257. The molecule has 1 saturated heterocycles. The predicted octanol–water partition coefficient (Wildman–Crippen LogP) is 9.23. The molecule has 9 atom stereocenters. The number of aliphatic hydroxyl groups excluding tert-OH is 7. The molecule has 0 aromatic heterocycles. The molecule has 0 spiro atoms. The third kappa shape index (κ3) is 29.8. The van der Waals surface area contributed by atoms with E-state index in [0.29, 0.717) is 19.3 Å². The number of carbonyl (C=O) groups is 1. The Labute approximate surface area is 372 Å². The van der Waals surface area contributed by atoms with Gasteiger partial charge in [-0.15, -0.1) is 0 Å². The highest BCUT2D eigenvalue weighted by molar-refractivity contribution is 5.80. The number of hydrogen-bond acceptors (Lipinski definition) is 10. The lowest BCUT2D eigenvalue weighted by molar-refractivity contribution is -0.303. The van der Waals surface area contributed by atoms with Gasteiger partial charge in [0.15, 0.2) is 6.29 Å². The summed E-state index contributed by atoms with van der Waals surface area (Å²) in [6.07, 6.45) is 32.7. The Balaban J connectivity index is 2.33. The van der Waals surface area contributed by atoms with E-state index < -0.39 is 74.2 Å². The van der Waals surface area contributed by atoms with E-state index >= 15 is 0 Å². The molecule has 1 heterocycles. The summed E-state index contributed by atoms with van der Waals surface area (Å²) in [7, 11) is 0. The van der Waals surface area contributed by atoms with Crippen LogP contribution in [0.5, 0.6) is 0 Å². The predicted molar refractivity (Wildman–Crippen MR) is 247 cm³/mol. The smallest absolute Gasteiger partial charge is 0.249 e. The van der Waals surface area contributed by atoms with Gasteiger partial charge in [0.05, 0.1) is 25.4 Å². The van der Waals surface area contributed by atoms with Gasteiger partial charge in [0.2, 0.25) is 5.91 Å². The van der Waals surface area contributed by atoms with Crippen molar-refractivity contribution in [3.05, 3.63) is 12.2 Å². The maximum absolute atomic E-state index is 13.1. The SMILES string of the molecule is CCCCCCCCCCCCCC/C=C\CCCCCCCCCC(O)C(=O)NC(COC1OC(CO)C(O)C(O)C1O)C(O)C(O)CCCCCCCCCCCCC.